The number of halogens is 1. The maximum absolute atomic E-state index is 13.2. The molecular weight excluding hydrogens is 217 g/mol. The molecule has 1 heterocycles. The minimum absolute atomic E-state index is 0.136. The van der Waals surface area contributed by atoms with Crippen molar-refractivity contribution in [1.29, 1.82) is 5.26 Å². The van der Waals surface area contributed by atoms with Crippen LogP contribution >= 0.6 is 0 Å². The highest BCUT2D eigenvalue weighted by molar-refractivity contribution is 5.34. The molecule has 90 valence electrons. The molecule has 0 aliphatic carbocycles. The summed E-state index contributed by atoms with van der Waals surface area (Å²) >= 11 is 0. The molecule has 1 aromatic rings. The van der Waals surface area contributed by atoms with Gasteiger partial charge in [0.1, 0.15) is 11.9 Å². The molecule has 3 nitrogen and oxygen atoms in total. The van der Waals surface area contributed by atoms with Gasteiger partial charge in [-0.15, -0.1) is 0 Å². The molecule has 4 heteroatoms. The summed E-state index contributed by atoms with van der Waals surface area (Å²) in [5, 5.41) is 8.77. The molecule has 0 spiro atoms. The Hall–Kier alpha value is -1.44. The van der Waals surface area contributed by atoms with Crippen molar-refractivity contribution in [1.82, 2.24) is 9.80 Å². The van der Waals surface area contributed by atoms with Crippen LogP contribution in [0.3, 0.4) is 0 Å². The number of rotatable bonds is 2. The Morgan fingerprint density at radius 1 is 1.29 bits per heavy atom. The molecule has 0 N–H and O–H groups in total. The van der Waals surface area contributed by atoms with Gasteiger partial charge in [-0.25, -0.2) is 4.39 Å². The summed E-state index contributed by atoms with van der Waals surface area (Å²) in [6, 6.07) is 6.66. The largest absolute Gasteiger partial charge is 0.304 e. The maximum Gasteiger partial charge on any atom is 0.140 e. The van der Waals surface area contributed by atoms with Crippen molar-refractivity contribution in [3.63, 3.8) is 0 Å². The van der Waals surface area contributed by atoms with E-state index in [1.807, 2.05) is 6.07 Å². The second-order valence-electron chi connectivity index (χ2n) is 4.51. The summed E-state index contributed by atoms with van der Waals surface area (Å²) in [5.41, 5.74) is 1.14. The van der Waals surface area contributed by atoms with E-state index in [2.05, 4.69) is 16.8 Å². The van der Waals surface area contributed by atoms with Gasteiger partial charge in [-0.2, -0.15) is 5.26 Å². The van der Waals surface area contributed by atoms with E-state index in [0.29, 0.717) is 0 Å². The molecule has 0 atom stereocenters. The van der Waals surface area contributed by atoms with Crippen LogP contribution in [-0.4, -0.2) is 43.0 Å². The van der Waals surface area contributed by atoms with E-state index in [1.54, 1.807) is 12.1 Å². The van der Waals surface area contributed by atoms with Crippen molar-refractivity contribution < 1.29 is 4.39 Å². The molecule has 0 amide bonds. The molecule has 0 aromatic heterocycles. The number of nitriles is 1. The summed E-state index contributed by atoms with van der Waals surface area (Å²) in [7, 11) is 2.11. The van der Waals surface area contributed by atoms with Gasteiger partial charge in [-0.3, -0.25) is 4.90 Å². The molecule has 0 bridgehead atoms. The highest BCUT2D eigenvalue weighted by Gasteiger charge is 2.14. The Morgan fingerprint density at radius 2 is 2.00 bits per heavy atom. The quantitative estimate of drug-likeness (QED) is 0.774. The fraction of sp³-hybridized carbons (Fsp3) is 0.462. The number of piperazine rings is 1. The standard InChI is InChI=1S/C13H16FN3/c1-16-4-6-17(7-5-16)10-11-2-3-13(14)12(8-11)9-15/h2-3,8H,4-7,10H2,1H3. The number of benzene rings is 1. The molecule has 17 heavy (non-hydrogen) atoms. The monoisotopic (exact) mass is 233 g/mol. The van der Waals surface area contributed by atoms with Crippen LogP contribution in [0.4, 0.5) is 4.39 Å². The minimum atomic E-state index is -0.436. The van der Waals surface area contributed by atoms with Crippen LogP contribution in [0.1, 0.15) is 11.1 Å². The summed E-state index contributed by atoms with van der Waals surface area (Å²) < 4.78 is 13.2. The van der Waals surface area contributed by atoms with E-state index in [4.69, 9.17) is 5.26 Å². The average Bonchev–Trinajstić information content (AvgIpc) is 2.34. The SMILES string of the molecule is CN1CCN(Cc2ccc(F)c(C#N)c2)CC1. The highest BCUT2D eigenvalue weighted by Crippen LogP contribution is 2.12. The van der Waals surface area contributed by atoms with Crippen LogP contribution in [0.25, 0.3) is 0 Å². The lowest BCUT2D eigenvalue weighted by Crippen LogP contribution is -2.43. The zero-order valence-corrected chi connectivity index (χ0v) is 9.99. The predicted octanol–water partition coefficient (Wildman–Crippen LogP) is 1.44. The Balaban J connectivity index is 2.02. The van der Waals surface area contributed by atoms with Crippen LogP contribution < -0.4 is 0 Å². The second kappa shape index (κ2) is 5.26. The lowest BCUT2D eigenvalue weighted by Gasteiger charge is -2.32. The van der Waals surface area contributed by atoms with Crippen LogP contribution in [0.15, 0.2) is 18.2 Å². The van der Waals surface area contributed by atoms with Gasteiger partial charge >= 0.3 is 0 Å². The number of hydrogen-bond donors (Lipinski definition) is 0. The molecule has 2 rings (SSSR count). The number of hydrogen-bond acceptors (Lipinski definition) is 3. The fourth-order valence-corrected chi connectivity index (χ4v) is 2.02. The first-order chi connectivity index (χ1) is 8.19. The van der Waals surface area contributed by atoms with Crippen molar-refractivity contribution in [2.24, 2.45) is 0 Å². The first-order valence-corrected chi connectivity index (χ1v) is 5.78. The van der Waals surface area contributed by atoms with E-state index < -0.39 is 5.82 Å². The first-order valence-electron chi connectivity index (χ1n) is 5.78. The van der Waals surface area contributed by atoms with Gasteiger partial charge in [0.2, 0.25) is 0 Å². The number of likely N-dealkylation sites (N-methyl/N-ethyl adjacent to an activating group) is 1. The smallest absolute Gasteiger partial charge is 0.140 e. The lowest BCUT2D eigenvalue weighted by molar-refractivity contribution is 0.148. The van der Waals surface area contributed by atoms with Crippen LogP contribution in [-0.2, 0) is 6.54 Å². The zero-order valence-electron chi connectivity index (χ0n) is 9.99. The van der Waals surface area contributed by atoms with Gasteiger partial charge in [-0.1, -0.05) is 6.07 Å². The predicted molar refractivity (Wildman–Crippen MR) is 63.9 cm³/mol. The van der Waals surface area contributed by atoms with Gasteiger partial charge in [0.05, 0.1) is 5.56 Å². The van der Waals surface area contributed by atoms with Crippen molar-refractivity contribution in [3.05, 3.63) is 35.1 Å². The van der Waals surface area contributed by atoms with E-state index in [9.17, 15) is 4.39 Å². The van der Waals surface area contributed by atoms with E-state index in [1.165, 1.54) is 6.07 Å². The molecule has 0 unspecified atom stereocenters. The lowest BCUT2D eigenvalue weighted by atomic mass is 10.1. The van der Waals surface area contributed by atoms with Crippen LogP contribution in [0.5, 0.6) is 0 Å². The zero-order chi connectivity index (χ0) is 12.3. The second-order valence-corrected chi connectivity index (χ2v) is 4.51. The third kappa shape index (κ3) is 3.02. The van der Waals surface area contributed by atoms with Crippen molar-refractivity contribution in [2.45, 2.75) is 6.54 Å². The topological polar surface area (TPSA) is 30.3 Å². The van der Waals surface area contributed by atoms with E-state index in [0.717, 1.165) is 38.3 Å². The fourth-order valence-electron chi connectivity index (χ4n) is 2.02. The van der Waals surface area contributed by atoms with Crippen LogP contribution in [0.2, 0.25) is 0 Å². The van der Waals surface area contributed by atoms with Gasteiger partial charge < -0.3 is 4.90 Å². The van der Waals surface area contributed by atoms with Gasteiger partial charge in [-0.05, 0) is 24.7 Å². The summed E-state index contributed by atoms with van der Waals surface area (Å²) in [5.74, 6) is -0.436. The maximum atomic E-state index is 13.2. The summed E-state index contributed by atoms with van der Waals surface area (Å²) in [4.78, 5) is 4.62. The molecule has 0 saturated carbocycles. The minimum Gasteiger partial charge on any atom is -0.304 e. The van der Waals surface area contributed by atoms with Gasteiger partial charge in [0, 0.05) is 32.7 Å². The molecule has 1 fully saturated rings. The molecule has 1 saturated heterocycles. The Labute approximate surface area is 101 Å². The highest BCUT2D eigenvalue weighted by atomic mass is 19.1. The molecule has 0 radical (unpaired) electrons. The Kier molecular flexibility index (Phi) is 3.72. The van der Waals surface area contributed by atoms with E-state index >= 15 is 0 Å². The van der Waals surface area contributed by atoms with Crippen LogP contribution in [0, 0.1) is 17.1 Å². The van der Waals surface area contributed by atoms with E-state index in [-0.39, 0.29) is 5.56 Å². The molecule has 1 aromatic carbocycles. The third-order valence-corrected chi connectivity index (χ3v) is 3.15. The summed E-state index contributed by atoms with van der Waals surface area (Å²) in [6.45, 7) is 4.97. The molecule has 1 aliphatic heterocycles. The average molecular weight is 233 g/mol. The molecular formula is C13H16FN3. The Bertz CT molecular complexity index is 431. The molecule has 1 aliphatic rings. The normalized spacial score (nSPS) is 17.9. The Morgan fingerprint density at radius 3 is 2.65 bits per heavy atom. The van der Waals surface area contributed by atoms with Crippen molar-refractivity contribution in [2.75, 3.05) is 33.2 Å². The van der Waals surface area contributed by atoms with Crippen molar-refractivity contribution >= 4 is 0 Å². The number of nitrogens with zero attached hydrogens (tertiary/aromatic N) is 3. The van der Waals surface area contributed by atoms with Gasteiger partial charge in [0.25, 0.3) is 0 Å². The third-order valence-electron chi connectivity index (χ3n) is 3.15. The van der Waals surface area contributed by atoms with Gasteiger partial charge in [0.15, 0.2) is 0 Å². The first kappa shape index (κ1) is 12.0. The van der Waals surface area contributed by atoms with Crippen molar-refractivity contribution in [3.8, 4) is 6.07 Å². The summed E-state index contributed by atoms with van der Waals surface area (Å²) in [6.07, 6.45) is 0.